The van der Waals surface area contributed by atoms with Crippen molar-refractivity contribution < 1.29 is 13.9 Å². The molecular weight excluding hydrogens is 272 g/mol. The van der Waals surface area contributed by atoms with E-state index in [1.54, 1.807) is 6.07 Å². The number of aromatic hydroxyl groups is 1. The van der Waals surface area contributed by atoms with Crippen molar-refractivity contribution in [2.24, 2.45) is 0 Å². The zero-order chi connectivity index (χ0) is 15.1. The quantitative estimate of drug-likeness (QED) is 0.844. The fourth-order valence-corrected chi connectivity index (χ4v) is 3.26. The summed E-state index contributed by atoms with van der Waals surface area (Å²) in [5.41, 5.74) is 3.67. The summed E-state index contributed by atoms with van der Waals surface area (Å²) in [6.45, 7) is 4.13. The number of halogens is 2. The first-order valence-corrected chi connectivity index (χ1v) is 7.01. The van der Waals surface area contributed by atoms with Crippen LogP contribution in [-0.2, 0) is 0 Å². The van der Waals surface area contributed by atoms with Crippen LogP contribution in [0.25, 0.3) is 0 Å². The highest BCUT2D eigenvalue weighted by Crippen LogP contribution is 2.47. The maximum atomic E-state index is 13.3. The van der Waals surface area contributed by atoms with E-state index in [0.29, 0.717) is 11.6 Å². The Morgan fingerprint density at radius 2 is 1.86 bits per heavy atom. The van der Waals surface area contributed by atoms with Gasteiger partial charge in [-0.1, -0.05) is 13.0 Å². The van der Waals surface area contributed by atoms with Gasteiger partial charge in [-0.3, -0.25) is 0 Å². The fourth-order valence-electron chi connectivity index (χ4n) is 3.26. The number of hydrogen-bond acceptors (Lipinski definition) is 2. The minimum absolute atomic E-state index is 0.0974. The Hall–Kier alpha value is -2.10. The third-order valence-corrected chi connectivity index (χ3v) is 4.17. The summed E-state index contributed by atoms with van der Waals surface area (Å²) >= 11 is 0. The Labute approximate surface area is 122 Å². The van der Waals surface area contributed by atoms with Gasteiger partial charge >= 0.3 is 0 Å². The molecule has 0 saturated heterocycles. The van der Waals surface area contributed by atoms with Gasteiger partial charge in [-0.25, -0.2) is 8.78 Å². The molecule has 1 aliphatic carbocycles. The maximum Gasteiger partial charge on any atom is 0.160 e. The lowest BCUT2D eigenvalue weighted by molar-refractivity contribution is 0.465. The monoisotopic (exact) mass is 289 g/mol. The lowest BCUT2D eigenvalue weighted by atomic mass is 9.97. The first-order chi connectivity index (χ1) is 9.97. The van der Waals surface area contributed by atoms with E-state index in [-0.39, 0.29) is 11.8 Å². The van der Waals surface area contributed by atoms with Crippen molar-refractivity contribution >= 4 is 5.69 Å². The smallest absolute Gasteiger partial charge is 0.160 e. The lowest BCUT2D eigenvalue weighted by Crippen LogP contribution is -2.08. The van der Waals surface area contributed by atoms with Crippen LogP contribution in [0.3, 0.4) is 0 Å². The highest BCUT2D eigenvalue weighted by Gasteiger charge is 2.32. The summed E-state index contributed by atoms with van der Waals surface area (Å²) < 4.78 is 26.3. The van der Waals surface area contributed by atoms with Crippen LogP contribution in [0.1, 0.15) is 42.0 Å². The van der Waals surface area contributed by atoms with Crippen molar-refractivity contribution in [3.05, 3.63) is 58.7 Å². The summed E-state index contributed by atoms with van der Waals surface area (Å²) in [5.74, 6) is -1.17. The standard InChI is InChI=1S/C17H17F2NO/c1-9-3-6-15(21)17-14(7-10(2)16(9)17)20-11-4-5-12(18)13(19)8-11/h3-6,8,10,14,20-21H,7H2,1-2H3. The number of hydrogen-bond donors (Lipinski definition) is 2. The van der Waals surface area contributed by atoms with E-state index in [4.69, 9.17) is 0 Å². The molecule has 2 atom stereocenters. The molecule has 0 fully saturated rings. The summed E-state index contributed by atoms with van der Waals surface area (Å²) in [6.07, 6.45) is 0.812. The molecule has 2 aromatic carbocycles. The molecule has 21 heavy (non-hydrogen) atoms. The minimum atomic E-state index is -0.875. The zero-order valence-electron chi connectivity index (χ0n) is 12.0. The number of rotatable bonds is 2. The van der Waals surface area contributed by atoms with Crippen molar-refractivity contribution in [1.82, 2.24) is 0 Å². The van der Waals surface area contributed by atoms with Gasteiger partial charge in [-0.15, -0.1) is 0 Å². The molecule has 2 aromatic rings. The number of phenolic OH excluding ortho intramolecular Hbond substituents is 1. The van der Waals surface area contributed by atoms with Gasteiger partial charge in [0.2, 0.25) is 0 Å². The van der Waals surface area contributed by atoms with Crippen LogP contribution in [0.5, 0.6) is 5.75 Å². The molecule has 0 heterocycles. The molecule has 0 aromatic heterocycles. The van der Waals surface area contributed by atoms with Gasteiger partial charge in [0.15, 0.2) is 11.6 Å². The van der Waals surface area contributed by atoms with Crippen molar-refractivity contribution in [3.8, 4) is 5.75 Å². The van der Waals surface area contributed by atoms with E-state index in [1.165, 1.54) is 6.07 Å². The fraction of sp³-hybridized carbons (Fsp3) is 0.294. The number of nitrogens with one attached hydrogen (secondary N) is 1. The van der Waals surface area contributed by atoms with Crippen LogP contribution >= 0.6 is 0 Å². The Balaban J connectivity index is 1.96. The van der Waals surface area contributed by atoms with Crippen molar-refractivity contribution in [3.63, 3.8) is 0 Å². The first kappa shape index (κ1) is 13.9. The molecule has 0 bridgehead atoms. The Morgan fingerprint density at radius 3 is 2.57 bits per heavy atom. The van der Waals surface area contributed by atoms with E-state index in [9.17, 15) is 13.9 Å². The van der Waals surface area contributed by atoms with E-state index >= 15 is 0 Å². The van der Waals surface area contributed by atoms with E-state index in [1.807, 2.05) is 13.0 Å². The number of benzene rings is 2. The van der Waals surface area contributed by atoms with Gasteiger partial charge in [0.1, 0.15) is 5.75 Å². The summed E-state index contributed by atoms with van der Waals surface area (Å²) in [6, 6.07) is 7.25. The van der Waals surface area contributed by atoms with Crippen LogP contribution in [-0.4, -0.2) is 5.11 Å². The third-order valence-electron chi connectivity index (χ3n) is 4.17. The summed E-state index contributed by atoms with van der Waals surface area (Å²) in [5, 5.41) is 13.3. The van der Waals surface area contributed by atoms with Gasteiger partial charge in [0.25, 0.3) is 0 Å². The Morgan fingerprint density at radius 1 is 1.10 bits per heavy atom. The van der Waals surface area contributed by atoms with Crippen molar-refractivity contribution in [2.45, 2.75) is 32.2 Å². The predicted molar refractivity (Wildman–Crippen MR) is 78.6 cm³/mol. The third kappa shape index (κ3) is 2.35. The molecule has 2 unspecified atom stereocenters. The molecule has 110 valence electrons. The lowest BCUT2D eigenvalue weighted by Gasteiger charge is -2.17. The molecule has 2 nitrogen and oxygen atoms in total. The van der Waals surface area contributed by atoms with Crippen molar-refractivity contribution in [1.29, 1.82) is 0 Å². The molecule has 0 amide bonds. The SMILES string of the molecule is Cc1ccc(O)c2c1C(C)CC2Nc1ccc(F)c(F)c1. The predicted octanol–water partition coefficient (Wildman–Crippen LogP) is 4.64. The second kappa shape index (κ2) is 5.02. The number of fused-ring (bicyclic) bond motifs is 1. The van der Waals surface area contributed by atoms with Crippen LogP contribution < -0.4 is 5.32 Å². The van der Waals surface area contributed by atoms with E-state index in [0.717, 1.165) is 35.2 Å². The maximum absolute atomic E-state index is 13.3. The molecule has 1 aliphatic rings. The zero-order valence-corrected chi connectivity index (χ0v) is 12.0. The van der Waals surface area contributed by atoms with Gasteiger partial charge in [-0.2, -0.15) is 0 Å². The molecule has 2 N–H and O–H groups in total. The molecule has 0 radical (unpaired) electrons. The van der Waals surface area contributed by atoms with Crippen LogP contribution in [0, 0.1) is 18.6 Å². The number of anilines is 1. The molecule has 0 aliphatic heterocycles. The topological polar surface area (TPSA) is 32.3 Å². The number of aryl methyl sites for hydroxylation is 1. The van der Waals surface area contributed by atoms with Crippen molar-refractivity contribution in [2.75, 3.05) is 5.32 Å². The highest BCUT2D eigenvalue weighted by molar-refractivity contribution is 5.55. The highest BCUT2D eigenvalue weighted by atomic mass is 19.2. The molecule has 0 saturated carbocycles. The average molecular weight is 289 g/mol. The van der Waals surface area contributed by atoms with Gasteiger partial charge in [0.05, 0.1) is 6.04 Å². The van der Waals surface area contributed by atoms with E-state index in [2.05, 4.69) is 12.2 Å². The molecule has 4 heteroatoms. The van der Waals surface area contributed by atoms with Gasteiger partial charge in [-0.05, 0) is 48.6 Å². The average Bonchev–Trinajstić information content (AvgIpc) is 2.76. The Kier molecular flexibility index (Phi) is 3.32. The van der Waals surface area contributed by atoms with E-state index < -0.39 is 11.6 Å². The molecular formula is C17H17F2NO. The largest absolute Gasteiger partial charge is 0.508 e. The summed E-state index contributed by atoms with van der Waals surface area (Å²) in [7, 11) is 0. The molecule has 0 spiro atoms. The minimum Gasteiger partial charge on any atom is -0.508 e. The van der Waals surface area contributed by atoms with Gasteiger partial charge < -0.3 is 10.4 Å². The number of phenols is 1. The first-order valence-electron chi connectivity index (χ1n) is 7.01. The Bertz CT molecular complexity index is 699. The summed E-state index contributed by atoms with van der Waals surface area (Å²) in [4.78, 5) is 0. The van der Waals surface area contributed by atoms with Crippen LogP contribution in [0.2, 0.25) is 0 Å². The van der Waals surface area contributed by atoms with Crippen LogP contribution in [0.15, 0.2) is 30.3 Å². The normalized spacial score (nSPS) is 20.4. The van der Waals surface area contributed by atoms with Gasteiger partial charge in [0, 0.05) is 17.3 Å². The molecule has 3 rings (SSSR count). The van der Waals surface area contributed by atoms with Crippen LogP contribution in [0.4, 0.5) is 14.5 Å². The second-order valence-corrected chi connectivity index (χ2v) is 5.69. The second-order valence-electron chi connectivity index (χ2n) is 5.69.